The highest BCUT2D eigenvalue weighted by atomic mass is 32.2. The van der Waals surface area contributed by atoms with Gasteiger partial charge in [0.25, 0.3) is 0 Å². The Hall–Kier alpha value is -4.04. The van der Waals surface area contributed by atoms with Crippen LogP contribution in [0.25, 0.3) is 0 Å². The zero-order valence-electron chi connectivity index (χ0n) is 21.3. The van der Waals surface area contributed by atoms with Crippen LogP contribution >= 0.6 is 0 Å². The minimum atomic E-state index is -4.53. The molecule has 12 nitrogen and oxygen atoms in total. The fourth-order valence-corrected chi connectivity index (χ4v) is 5.79. The Balaban J connectivity index is 1.99. The standard InChI is InChI=1S/C24H26O12S2/c1-29-17-11-19(31-3)23(20(12-17)32-4)37(25,26)35-15-8-7-9-16(10-15)36-38(27,28)24-21(33-5)13-18(30-2)14-22(24)34-6/h7-14H,1-6H3. The van der Waals surface area contributed by atoms with E-state index in [0.717, 1.165) is 6.07 Å². The number of hydrogen-bond acceptors (Lipinski definition) is 12. The second-order valence-electron chi connectivity index (χ2n) is 7.27. The lowest BCUT2D eigenvalue weighted by Gasteiger charge is -2.16. The van der Waals surface area contributed by atoms with Crippen LogP contribution in [0.4, 0.5) is 0 Å². The van der Waals surface area contributed by atoms with Crippen molar-refractivity contribution in [2.24, 2.45) is 0 Å². The summed E-state index contributed by atoms with van der Waals surface area (Å²) in [6.07, 6.45) is 0. The average molecular weight is 571 g/mol. The maximum atomic E-state index is 13.2. The lowest BCUT2D eigenvalue weighted by molar-refractivity contribution is 0.355. The highest BCUT2D eigenvalue weighted by Crippen LogP contribution is 2.41. The molecule has 0 radical (unpaired) electrons. The number of methoxy groups -OCH3 is 6. The second kappa shape index (κ2) is 11.6. The smallest absolute Gasteiger partial charge is 0.346 e. The van der Waals surface area contributed by atoms with Crippen molar-refractivity contribution >= 4 is 20.2 Å². The zero-order valence-corrected chi connectivity index (χ0v) is 23.0. The maximum absolute atomic E-state index is 13.2. The van der Waals surface area contributed by atoms with Gasteiger partial charge < -0.3 is 36.8 Å². The van der Waals surface area contributed by atoms with Crippen molar-refractivity contribution in [1.82, 2.24) is 0 Å². The summed E-state index contributed by atoms with van der Waals surface area (Å²) in [6.45, 7) is 0. The first-order valence-electron chi connectivity index (χ1n) is 10.6. The van der Waals surface area contributed by atoms with Crippen molar-refractivity contribution in [3.8, 4) is 46.0 Å². The summed E-state index contributed by atoms with van der Waals surface area (Å²) in [5.74, 6) is -0.252. The van der Waals surface area contributed by atoms with Gasteiger partial charge in [0.05, 0.1) is 42.7 Å². The molecule has 0 aliphatic heterocycles. The number of hydrogen-bond donors (Lipinski definition) is 0. The predicted molar refractivity (Wildman–Crippen MR) is 134 cm³/mol. The summed E-state index contributed by atoms with van der Waals surface area (Å²) >= 11 is 0. The molecule has 0 atom stereocenters. The summed E-state index contributed by atoms with van der Waals surface area (Å²) < 4.78 is 94.3. The van der Waals surface area contributed by atoms with E-state index in [1.165, 1.54) is 85.1 Å². The van der Waals surface area contributed by atoms with Crippen molar-refractivity contribution in [2.75, 3.05) is 42.7 Å². The highest BCUT2D eigenvalue weighted by molar-refractivity contribution is 7.87. The molecule has 0 saturated heterocycles. The summed E-state index contributed by atoms with van der Waals surface area (Å²) in [6, 6.07) is 10.4. The summed E-state index contributed by atoms with van der Waals surface area (Å²) in [5, 5.41) is 0. The first kappa shape index (κ1) is 28.5. The molecule has 3 rings (SSSR count). The van der Waals surface area contributed by atoms with E-state index in [1.807, 2.05) is 0 Å². The molecule has 0 amide bonds. The molecule has 14 heteroatoms. The molecule has 0 aromatic heterocycles. The Morgan fingerprint density at radius 3 is 1.03 bits per heavy atom. The molecule has 3 aromatic carbocycles. The van der Waals surface area contributed by atoms with E-state index in [4.69, 9.17) is 36.8 Å². The van der Waals surface area contributed by atoms with E-state index in [2.05, 4.69) is 0 Å². The maximum Gasteiger partial charge on any atom is 0.346 e. The number of ether oxygens (including phenoxy) is 6. The third kappa shape index (κ3) is 5.92. The van der Waals surface area contributed by atoms with Gasteiger partial charge in [-0.2, -0.15) is 16.8 Å². The van der Waals surface area contributed by atoms with E-state index in [0.29, 0.717) is 11.5 Å². The topological polar surface area (TPSA) is 142 Å². The van der Waals surface area contributed by atoms with E-state index in [1.54, 1.807) is 0 Å². The predicted octanol–water partition coefficient (Wildman–Crippen LogP) is 3.27. The Morgan fingerprint density at radius 1 is 0.447 bits per heavy atom. The Kier molecular flexibility index (Phi) is 8.68. The summed E-state index contributed by atoms with van der Waals surface area (Å²) in [5.41, 5.74) is 0. The molecular weight excluding hydrogens is 544 g/mol. The fraction of sp³-hybridized carbons (Fsp3) is 0.250. The van der Waals surface area contributed by atoms with Gasteiger partial charge in [-0.15, -0.1) is 0 Å². The molecule has 0 fully saturated rings. The third-order valence-electron chi connectivity index (χ3n) is 5.06. The number of benzene rings is 3. The summed E-state index contributed by atoms with van der Waals surface area (Å²) in [7, 11) is -1.17. The molecule has 0 aliphatic carbocycles. The van der Waals surface area contributed by atoms with Gasteiger partial charge in [-0.25, -0.2) is 0 Å². The molecule has 0 spiro atoms. The van der Waals surface area contributed by atoms with Crippen molar-refractivity contribution in [1.29, 1.82) is 0 Å². The van der Waals surface area contributed by atoms with Crippen LogP contribution in [0.1, 0.15) is 0 Å². The molecule has 0 bridgehead atoms. The van der Waals surface area contributed by atoms with E-state index in [9.17, 15) is 16.8 Å². The van der Waals surface area contributed by atoms with Gasteiger partial charge in [-0.3, -0.25) is 0 Å². The molecule has 206 valence electrons. The van der Waals surface area contributed by atoms with Crippen LogP contribution in [0.3, 0.4) is 0 Å². The normalized spacial score (nSPS) is 11.3. The lowest BCUT2D eigenvalue weighted by Crippen LogP contribution is -2.14. The Bertz CT molecular complexity index is 1350. The van der Waals surface area contributed by atoms with Crippen LogP contribution in [0.15, 0.2) is 58.3 Å². The minimum absolute atomic E-state index is 0.0881. The molecule has 0 unspecified atom stereocenters. The van der Waals surface area contributed by atoms with Crippen molar-refractivity contribution in [2.45, 2.75) is 9.79 Å². The quantitative estimate of drug-likeness (QED) is 0.295. The van der Waals surface area contributed by atoms with Gasteiger partial charge in [-0.05, 0) is 12.1 Å². The second-order valence-corrected chi connectivity index (χ2v) is 10.2. The fourth-order valence-electron chi connectivity index (χ4n) is 3.35. The van der Waals surface area contributed by atoms with Gasteiger partial charge in [0.2, 0.25) is 0 Å². The molecule has 3 aromatic rings. The summed E-state index contributed by atoms with van der Waals surface area (Å²) in [4.78, 5) is -0.787. The molecule has 0 aliphatic rings. The number of rotatable bonds is 12. The minimum Gasteiger partial charge on any atom is -0.496 e. The van der Waals surface area contributed by atoms with E-state index >= 15 is 0 Å². The van der Waals surface area contributed by atoms with Crippen LogP contribution in [0.5, 0.6) is 46.0 Å². The monoisotopic (exact) mass is 570 g/mol. The first-order valence-corrected chi connectivity index (χ1v) is 13.4. The van der Waals surface area contributed by atoms with Gasteiger partial charge >= 0.3 is 20.2 Å². The largest absolute Gasteiger partial charge is 0.496 e. The van der Waals surface area contributed by atoms with E-state index < -0.39 is 30.0 Å². The first-order chi connectivity index (χ1) is 18.0. The van der Waals surface area contributed by atoms with Crippen molar-refractivity contribution < 1.29 is 53.6 Å². The van der Waals surface area contributed by atoms with Crippen LogP contribution in [-0.4, -0.2) is 59.5 Å². The molecule has 38 heavy (non-hydrogen) atoms. The SMILES string of the molecule is COc1cc(OC)c(S(=O)(=O)Oc2cccc(OS(=O)(=O)c3c(OC)cc(OC)cc3OC)c2)c(OC)c1. The molecule has 0 saturated carbocycles. The van der Waals surface area contributed by atoms with Crippen LogP contribution in [0, 0.1) is 0 Å². The van der Waals surface area contributed by atoms with Crippen LogP contribution < -0.4 is 36.8 Å². The molecule has 0 heterocycles. The van der Waals surface area contributed by atoms with Crippen molar-refractivity contribution in [3.63, 3.8) is 0 Å². The zero-order chi connectivity index (χ0) is 28.1. The van der Waals surface area contributed by atoms with Gasteiger partial charge in [0.15, 0.2) is 9.79 Å². The Morgan fingerprint density at radius 2 is 0.763 bits per heavy atom. The molecular formula is C24H26O12S2. The average Bonchev–Trinajstić information content (AvgIpc) is 2.90. The Labute approximate surface area is 220 Å². The lowest BCUT2D eigenvalue weighted by atomic mass is 10.3. The highest BCUT2D eigenvalue weighted by Gasteiger charge is 2.30. The van der Waals surface area contributed by atoms with Crippen LogP contribution in [-0.2, 0) is 20.2 Å². The van der Waals surface area contributed by atoms with Gasteiger partial charge in [0.1, 0.15) is 46.0 Å². The molecule has 0 N–H and O–H groups in total. The van der Waals surface area contributed by atoms with Crippen LogP contribution in [0.2, 0.25) is 0 Å². The van der Waals surface area contributed by atoms with Gasteiger partial charge in [0, 0.05) is 30.3 Å². The van der Waals surface area contributed by atoms with Gasteiger partial charge in [-0.1, -0.05) is 6.07 Å². The van der Waals surface area contributed by atoms with E-state index in [-0.39, 0.29) is 34.5 Å². The van der Waals surface area contributed by atoms with Crippen molar-refractivity contribution in [3.05, 3.63) is 48.5 Å². The third-order valence-corrected chi connectivity index (χ3v) is 7.69.